The Morgan fingerprint density at radius 1 is 1.50 bits per heavy atom. The Balaban J connectivity index is 3.28. The molecule has 0 spiro atoms. The predicted molar refractivity (Wildman–Crippen MR) is 56.3 cm³/mol. The zero-order valence-corrected chi connectivity index (χ0v) is 8.76. The first-order chi connectivity index (χ1) is 6.61. The summed E-state index contributed by atoms with van der Waals surface area (Å²) < 4.78 is 4.64. The normalized spacial score (nSPS) is 9.93. The van der Waals surface area contributed by atoms with Gasteiger partial charge in [0.1, 0.15) is 0 Å². The predicted octanol–water partition coefficient (Wildman–Crippen LogP) is 1.93. The number of rotatable bonds is 2. The summed E-state index contributed by atoms with van der Waals surface area (Å²) in [4.78, 5) is 11.3. The van der Waals surface area contributed by atoms with Crippen molar-refractivity contribution in [2.75, 3.05) is 12.8 Å². The maximum absolute atomic E-state index is 11.3. The van der Waals surface area contributed by atoms with E-state index in [2.05, 4.69) is 4.74 Å². The van der Waals surface area contributed by atoms with Gasteiger partial charge in [0.25, 0.3) is 0 Å². The van der Waals surface area contributed by atoms with E-state index in [1.54, 1.807) is 6.07 Å². The number of ether oxygens (including phenoxy) is 1. The molecule has 0 aliphatic rings. The Bertz CT molecular complexity index is 359. The lowest BCUT2D eigenvalue weighted by Gasteiger charge is -2.10. The second-order valence-electron chi connectivity index (χ2n) is 3.17. The van der Waals surface area contributed by atoms with Crippen molar-refractivity contribution in [3.05, 3.63) is 28.8 Å². The largest absolute Gasteiger partial charge is 0.465 e. The smallest absolute Gasteiger partial charge is 0.339 e. The van der Waals surface area contributed by atoms with E-state index < -0.39 is 0 Å². The molecule has 0 atom stereocenters. The van der Waals surface area contributed by atoms with E-state index in [1.807, 2.05) is 19.9 Å². The molecule has 3 nitrogen and oxygen atoms in total. The van der Waals surface area contributed by atoms with Gasteiger partial charge in [0.05, 0.1) is 12.7 Å². The molecule has 1 aromatic carbocycles. The highest BCUT2D eigenvalue weighted by Crippen LogP contribution is 2.22. The molecule has 0 unspecified atom stereocenters. The van der Waals surface area contributed by atoms with Crippen LogP contribution in [0, 0.1) is 6.92 Å². The maximum atomic E-state index is 11.3. The summed E-state index contributed by atoms with van der Waals surface area (Å²) in [6.07, 6.45) is 0.822. The van der Waals surface area contributed by atoms with Gasteiger partial charge in [0.15, 0.2) is 0 Å². The Morgan fingerprint density at radius 3 is 2.64 bits per heavy atom. The molecule has 0 radical (unpaired) electrons. The number of nitrogen functional groups attached to an aromatic ring is 1. The van der Waals surface area contributed by atoms with Crippen molar-refractivity contribution in [3.63, 3.8) is 0 Å². The monoisotopic (exact) mass is 193 g/mol. The summed E-state index contributed by atoms with van der Waals surface area (Å²) in [5.41, 5.74) is 9.00. The van der Waals surface area contributed by atoms with Crippen LogP contribution < -0.4 is 5.73 Å². The molecule has 1 rings (SSSR count). The first kappa shape index (κ1) is 10.6. The summed E-state index contributed by atoms with van der Waals surface area (Å²) in [6.45, 7) is 4.00. The van der Waals surface area contributed by atoms with Crippen LogP contribution in [0.5, 0.6) is 0 Å². The lowest BCUT2D eigenvalue weighted by molar-refractivity contribution is 0.0602. The van der Waals surface area contributed by atoms with Crippen LogP contribution in [0.4, 0.5) is 5.69 Å². The van der Waals surface area contributed by atoms with Gasteiger partial charge >= 0.3 is 5.97 Å². The van der Waals surface area contributed by atoms with Crippen LogP contribution in [-0.4, -0.2) is 13.1 Å². The molecule has 1 aromatic rings. The molecule has 0 saturated heterocycles. The zero-order valence-electron chi connectivity index (χ0n) is 8.76. The summed E-state index contributed by atoms with van der Waals surface area (Å²) >= 11 is 0. The minimum Gasteiger partial charge on any atom is -0.465 e. The zero-order chi connectivity index (χ0) is 10.7. The average Bonchev–Trinajstić information content (AvgIpc) is 2.18. The van der Waals surface area contributed by atoms with Crippen molar-refractivity contribution in [1.82, 2.24) is 0 Å². The molecule has 76 valence electrons. The van der Waals surface area contributed by atoms with Gasteiger partial charge in [-0.15, -0.1) is 0 Å². The minimum absolute atomic E-state index is 0.378. The number of hydrogen-bond donors (Lipinski definition) is 1. The van der Waals surface area contributed by atoms with Gasteiger partial charge in [-0.25, -0.2) is 4.79 Å². The van der Waals surface area contributed by atoms with Crippen LogP contribution in [0.25, 0.3) is 0 Å². The van der Waals surface area contributed by atoms with E-state index >= 15 is 0 Å². The quantitative estimate of drug-likeness (QED) is 0.576. The number of carbonyl (C=O) groups is 1. The lowest BCUT2D eigenvalue weighted by Crippen LogP contribution is -2.08. The number of benzene rings is 1. The molecule has 0 aliphatic heterocycles. The molecule has 0 bridgehead atoms. The van der Waals surface area contributed by atoms with Crippen LogP contribution in [0.15, 0.2) is 12.1 Å². The molecule has 3 heteroatoms. The molecule has 0 aliphatic carbocycles. The highest BCUT2D eigenvalue weighted by molar-refractivity contribution is 5.96. The van der Waals surface area contributed by atoms with E-state index in [0.717, 1.165) is 17.5 Å². The first-order valence-corrected chi connectivity index (χ1v) is 4.58. The summed E-state index contributed by atoms with van der Waals surface area (Å²) in [6, 6.07) is 3.59. The Hall–Kier alpha value is -1.51. The first-order valence-electron chi connectivity index (χ1n) is 4.58. The topological polar surface area (TPSA) is 52.3 Å². The van der Waals surface area contributed by atoms with E-state index in [4.69, 9.17) is 5.73 Å². The number of nitrogens with two attached hydrogens (primary N) is 1. The second kappa shape index (κ2) is 4.13. The van der Waals surface area contributed by atoms with Crippen molar-refractivity contribution in [3.8, 4) is 0 Å². The van der Waals surface area contributed by atoms with Crippen molar-refractivity contribution in [2.45, 2.75) is 20.3 Å². The van der Waals surface area contributed by atoms with Crippen LogP contribution in [0.2, 0.25) is 0 Å². The highest BCUT2D eigenvalue weighted by Gasteiger charge is 2.13. The van der Waals surface area contributed by atoms with Gasteiger partial charge in [-0.1, -0.05) is 13.0 Å². The molecule has 14 heavy (non-hydrogen) atoms. The van der Waals surface area contributed by atoms with Crippen molar-refractivity contribution < 1.29 is 9.53 Å². The van der Waals surface area contributed by atoms with E-state index in [1.165, 1.54) is 7.11 Å². The molecule has 0 aromatic heterocycles. The van der Waals surface area contributed by atoms with E-state index in [9.17, 15) is 4.79 Å². The molecule has 0 heterocycles. The van der Waals surface area contributed by atoms with Gasteiger partial charge in [0, 0.05) is 5.69 Å². The standard InChI is InChI=1S/C11H15NO2/c1-4-8-7(2)5-6-9(10(8)12)11(13)14-3/h5-6H,4,12H2,1-3H3. The number of methoxy groups -OCH3 is 1. The summed E-state index contributed by atoms with van der Waals surface area (Å²) in [5, 5.41) is 0. The molecule has 0 saturated carbocycles. The fraction of sp³-hybridized carbons (Fsp3) is 0.364. The Kier molecular flexibility index (Phi) is 3.12. The lowest BCUT2D eigenvalue weighted by atomic mass is 10.00. The van der Waals surface area contributed by atoms with Crippen molar-refractivity contribution in [2.24, 2.45) is 0 Å². The maximum Gasteiger partial charge on any atom is 0.339 e. The number of carbonyl (C=O) groups excluding carboxylic acids is 1. The van der Waals surface area contributed by atoms with Crippen LogP contribution in [0.3, 0.4) is 0 Å². The highest BCUT2D eigenvalue weighted by atomic mass is 16.5. The van der Waals surface area contributed by atoms with E-state index in [-0.39, 0.29) is 5.97 Å². The third-order valence-electron chi connectivity index (χ3n) is 2.35. The second-order valence-corrected chi connectivity index (χ2v) is 3.17. The van der Waals surface area contributed by atoms with Crippen LogP contribution in [0.1, 0.15) is 28.4 Å². The number of hydrogen-bond acceptors (Lipinski definition) is 3. The number of anilines is 1. The SMILES string of the molecule is CCc1c(C)ccc(C(=O)OC)c1N. The molecular formula is C11H15NO2. The van der Waals surface area contributed by atoms with Crippen molar-refractivity contribution >= 4 is 11.7 Å². The Morgan fingerprint density at radius 2 is 2.14 bits per heavy atom. The number of esters is 1. The average molecular weight is 193 g/mol. The molecular weight excluding hydrogens is 178 g/mol. The number of aryl methyl sites for hydroxylation is 1. The van der Waals surface area contributed by atoms with Gasteiger partial charge in [0.2, 0.25) is 0 Å². The van der Waals surface area contributed by atoms with Crippen molar-refractivity contribution in [1.29, 1.82) is 0 Å². The van der Waals surface area contributed by atoms with Gasteiger partial charge in [-0.2, -0.15) is 0 Å². The fourth-order valence-corrected chi connectivity index (χ4v) is 1.53. The third kappa shape index (κ3) is 1.71. The Labute approximate surface area is 83.9 Å². The summed E-state index contributed by atoms with van der Waals surface area (Å²) in [5.74, 6) is -0.378. The summed E-state index contributed by atoms with van der Waals surface area (Å²) in [7, 11) is 1.35. The van der Waals surface area contributed by atoms with Gasteiger partial charge in [-0.3, -0.25) is 0 Å². The van der Waals surface area contributed by atoms with Crippen LogP contribution >= 0.6 is 0 Å². The van der Waals surface area contributed by atoms with Crippen LogP contribution in [-0.2, 0) is 11.2 Å². The fourth-order valence-electron chi connectivity index (χ4n) is 1.53. The molecule has 2 N–H and O–H groups in total. The molecule has 0 fully saturated rings. The van der Waals surface area contributed by atoms with Gasteiger partial charge in [-0.05, 0) is 30.5 Å². The minimum atomic E-state index is -0.378. The van der Waals surface area contributed by atoms with Gasteiger partial charge < -0.3 is 10.5 Å². The molecule has 0 amide bonds. The third-order valence-corrected chi connectivity index (χ3v) is 2.35. The van der Waals surface area contributed by atoms with E-state index in [0.29, 0.717) is 11.3 Å².